The van der Waals surface area contributed by atoms with E-state index in [1.807, 2.05) is 20.8 Å². The molecule has 3 aliphatic rings. The average molecular weight is 547 g/mol. The fraction of sp³-hybridized carbons (Fsp3) is 0.571. The van der Waals surface area contributed by atoms with Crippen LogP contribution in [0, 0.1) is 10.8 Å². The van der Waals surface area contributed by atoms with Gasteiger partial charge in [0, 0.05) is 37.7 Å². The third-order valence-corrected chi connectivity index (χ3v) is 9.93. The molecule has 7 nitrogen and oxygen atoms in total. The van der Waals surface area contributed by atoms with Gasteiger partial charge in [0.1, 0.15) is 11.6 Å². The van der Waals surface area contributed by atoms with Crippen molar-refractivity contribution in [3.05, 3.63) is 42.0 Å². The summed E-state index contributed by atoms with van der Waals surface area (Å²) in [6, 6.07) is 9.26. The van der Waals surface area contributed by atoms with E-state index in [0.29, 0.717) is 28.3 Å². The Balaban J connectivity index is 1.37. The number of anilines is 3. The lowest BCUT2D eigenvalue weighted by Crippen LogP contribution is -2.44. The lowest BCUT2D eigenvalue weighted by molar-refractivity contribution is -0.0794. The van der Waals surface area contributed by atoms with E-state index in [9.17, 15) is 22.0 Å². The second-order valence-corrected chi connectivity index (χ2v) is 14.5. The van der Waals surface area contributed by atoms with E-state index in [2.05, 4.69) is 15.5 Å². The summed E-state index contributed by atoms with van der Waals surface area (Å²) in [6.07, 6.45) is 4.10. The zero-order chi connectivity index (χ0) is 27.3. The molecule has 2 aromatic rings. The third-order valence-electron chi connectivity index (χ3n) is 7.72. The fourth-order valence-electron chi connectivity index (χ4n) is 5.41. The molecular weight excluding hydrogens is 510 g/mol. The van der Waals surface area contributed by atoms with Crippen molar-refractivity contribution in [2.45, 2.75) is 76.2 Å². The highest BCUT2D eigenvalue weighted by Crippen LogP contribution is 2.54. The van der Waals surface area contributed by atoms with Crippen molar-refractivity contribution in [1.82, 2.24) is 4.98 Å². The number of carbonyl (C=O) groups is 1. The lowest BCUT2D eigenvalue weighted by Gasteiger charge is -2.36. The molecule has 0 unspecified atom stereocenters. The molecule has 0 radical (unpaired) electrons. The molecule has 1 spiro atoms. The number of halogens is 2. The van der Waals surface area contributed by atoms with Crippen LogP contribution in [0.15, 0.2) is 41.3 Å². The Morgan fingerprint density at radius 3 is 2.37 bits per heavy atom. The van der Waals surface area contributed by atoms with Crippen LogP contribution in [0.3, 0.4) is 0 Å². The average Bonchev–Trinajstić information content (AvgIpc) is 3.55. The second kappa shape index (κ2) is 9.47. The van der Waals surface area contributed by atoms with Crippen molar-refractivity contribution in [1.29, 1.82) is 0 Å². The van der Waals surface area contributed by atoms with Crippen LogP contribution in [0.25, 0.3) is 0 Å². The molecule has 2 N–H and O–H groups in total. The van der Waals surface area contributed by atoms with Crippen LogP contribution < -0.4 is 15.5 Å². The highest BCUT2D eigenvalue weighted by Gasteiger charge is 2.46. The third kappa shape index (κ3) is 6.11. The van der Waals surface area contributed by atoms with Crippen molar-refractivity contribution >= 4 is 33.1 Å². The molecule has 206 valence electrons. The molecule has 1 saturated heterocycles. The molecular formula is C28H36F2N4O3S. The highest BCUT2D eigenvalue weighted by atomic mass is 32.2. The molecule has 38 heavy (non-hydrogen) atoms. The smallest absolute Gasteiger partial charge is 0.259 e. The van der Waals surface area contributed by atoms with Crippen molar-refractivity contribution in [2.75, 3.05) is 34.4 Å². The predicted molar refractivity (Wildman–Crippen MR) is 145 cm³/mol. The monoisotopic (exact) mass is 546 g/mol. The van der Waals surface area contributed by atoms with E-state index in [4.69, 9.17) is 4.98 Å². The summed E-state index contributed by atoms with van der Waals surface area (Å²) in [7, 11) is -3.53. The minimum atomic E-state index is -3.53. The van der Waals surface area contributed by atoms with Gasteiger partial charge in [0.15, 0.2) is 9.84 Å². The summed E-state index contributed by atoms with van der Waals surface area (Å²) >= 11 is 0. The Morgan fingerprint density at radius 2 is 1.76 bits per heavy atom. The number of alkyl halides is 2. The lowest BCUT2D eigenvalue weighted by atomic mass is 9.88. The summed E-state index contributed by atoms with van der Waals surface area (Å²) in [6.45, 7) is 7.15. The highest BCUT2D eigenvalue weighted by molar-refractivity contribution is 7.91. The van der Waals surface area contributed by atoms with Gasteiger partial charge in [-0.2, -0.15) is 0 Å². The summed E-state index contributed by atoms with van der Waals surface area (Å²) < 4.78 is 52.5. The van der Waals surface area contributed by atoms with E-state index in [1.54, 1.807) is 24.3 Å². The van der Waals surface area contributed by atoms with E-state index in [1.165, 1.54) is 25.0 Å². The molecule has 1 aliphatic heterocycles. The van der Waals surface area contributed by atoms with Gasteiger partial charge in [-0.1, -0.05) is 26.8 Å². The number of benzene rings is 1. The Kier molecular flexibility index (Phi) is 6.69. The Morgan fingerprint density at radius 1 is 1.08 bits per heavy atom. The van der Waals surface area contributed by atoms with Gasteiger partial charge in [0.25, 0.3) is 11.8 Å². The molecule has 0 atom stereocenters. The second-order valence-electron chi connectivity index (χ2n) is 12.5. The summed E-state index contributed by atoms with van der Waals surface area (Å²) in [5.41, 5.74) is 0.775. The van der Waals surface area contributed by atoms with Crippen LogP contribution in [0.1, 0.15) is 69.7 Å². The number of sulfone groups is 1. The first-order valence-corrected chi connectivity index (χ1v) is 14.9. The van der Waals surface area contributed by atoms with Gasteiger partial charge >= 0.3 is 0 Å². The first-order chi connectivity index (χ1) is 17.7. The molecule has 2 aliphatic carbocycles. The summed E-state index contributed by atoms with van der Waals surface area (Å²) in [5, 5.41) is 5.93. The van der Waals surface area contributed by atoms with Crippen molar-refractivity contribution in [3.8, 4) is 0 Å². The minimum absolute atomic E-state index is 0.0106. The van der Waals surface area contributed by atoms with E-state index in [0.717, 1.165) is 25.9 Å². The number of rotatable bonds is 7. The number of piperidine rings is 1. The molecule has 2 saturated carbocycles. The van der Waals surface area contributed by atoms with E-state index >= 15 is 0 Å². The molecule has 1 aromatic carbocycles. The maximum Gasteiger partial charge on any atom is 0.259 e. The summed E-state index contributed by atoms with van der Waals surface area (Å²) in [4.78, 5) is 20.4. The summed E-state index contributed by atoms with van der Waals surface area (Å²) in [5.74, 6) is -2.06. The molecule has 3 fully saturated rings. The first-order valence-electron chi connectivity index (χ1n) is 13.3. The Hall–Kier alpha value is -2.75. The topological polar surface area (TPSA) is 91.4 Å². The van der Waals surface area contributed by atoms with Gasteiger partial charge in [-0.25, -0.2) is 22.2 Å². The molecule has 10 heteroatoms. The number of carbonyl (C=O) groups excluding carboxylic acids is 1. The normalized spacial score (nSPS) is 20.6. The quantitative estimate of drug-likeness (QED) is 0.460. The van der Waals surface area contributed by atoms with Gasteiger partial charge in [-0.05, 0) is 66.8 Å². The molecule has 0 bridgehead atoms. The van der Waals surface area contributed by atoms with Crippen LogP contribution in [0.5, 0.6) is 0 Å². The number of pyridine rings is 1. The maximum absolute atomic E-state index is 13.4. The molecule has 5 rings (SSSR count). The first kappa shape index (κ1) is 26.8. The Labute approximate surface area is 223 Å². The van der Waals surface area contributed by atoms with Crippen LogP contribution in [0.2, 0.25) is 0 Å². The van der Waals surface area contributed by atoms with E-state index < -0.39 is 27.1 Å². The number of hydrogen-bond acceptors (Lipinski definition) is 6. The van der Waals surface area contributed by atoms with Gasteiger partial charge < -0.3 is 15.5 Å². The van der Waals surface area contributed by atoms with Gasteiger partial charge in [0.05, 0.1) is 16.2 Å². The van der Waals surface area contributed by atoms with Gasteiger partial charge in [-0.15, -0.1) is 0 Å². The zero-order valence-corrected chi connectivity index (χ0v) is 23.0. The number of amides is 1. The van der Waals surface area contributed by atoms with Crippen LogP contribution in [-0.4, -0.2) is 50.1 Å². The van der Waals surface area contributed by atoms with Gasteiger partial charge in [-0.3, -0.25) is 4.79 Å². The van der Waals surface area contributed by atoms with E-state index in [-0.39, 0.29) is 29.5 Å². The standard InChI is InChI=1S/C28H36F2N4O3S/c1-26(2,3)18-38(36,37)21-6-4-5-19(15-21)32-25(35)22-7-8-23(31-20-16-28(29,30)17-20)33-24(22)34-13-11-27(9-10-27)12-14-34/h4-8,15,20H,9-14,16-18H2,1-3H3,(H,31,33)(H,32,35). The van der Waals surface area contributed by atoms with Crippen molar-refractivity contribution in [3.63, 3.8) is 0 Å². The Bertz CT molecular complexity index is 1320. The number of nitrogens with zero attached hydrogens (tertiary/aromatic N) is 2. The maximum atomic E-state index is 13.4. The number of aromatic nitrogens is 1. The van der Waals surface area contributed by atoms with Crippen LogP contribution in [-0.2, 0) is 9.84 Å². The zero-order valence-electron chi connectivity index (χ0n) is 22.2. The molecule has 1 aromatic heterocycles. The number of nitrogens with one attached hydrogen (secondary N) is 2. The van der Waals surface area contributed by atoms with Crippen LogP contribution >= 0.6 is 0 Å². The van der Waals surface area contributed by atoms with Crippen LogP contribution in [0.4, 0.5) is 26.1 Å². The minimum Gasteiger partial charge on any atom is -0.367 e. The SMILES string of the molecule is CC(C)(C)CS(=O)(=O)c1cccc(NC(=O)c2ccc(NC3CC(F)(F)C3)nc2N2CCC3(CC2)CC3)c1. The van der Waals surface area contributed by atoms with Crippen molar-refractivity contribution < 1.29 is 22.0 Å². The predicted octanol–water partition coefficient (Wildman–Crippen LogP) is 5.74. The molecule has 1 amide bonds. The molecule has 2 heterocycles. The fourth-order valence-corrected chi connectivity index (χ4v) is 7.31. The van der Waals surface area contributed by atoms with Crippen molar-refractivity contribution in [2.24, 2.45) is 10.8 Å². The van der Waals surface area contributed by atoms with Gasteiger partial charge in [0.2, 0.25) is 0 Å². The number of hydrogen-bond donors (Lipinski definition) is 2. The largest absolute Gasteiger partial charge is 0.367 e.